The number of alkyl halides is 1. The van der Waals surface area contributed by atoms with Crippen LogP contribution >= 0.6 is 0 Å². The molecule has 1 N–H and O–H groups in total. The third kappa shape index (κ3) is 3.62. The van der Waals surface area contributed by atoms with Crippen molar-refractivity contribution in [3.8, 4) is 11.5 Å². The first-order valence-electron chi connectivity index (χ1n) is 5.25. The molecule has 17 heavy (non-hydrogen) atoms. The third-order valence-corrected chi connectivity index (χ3v) is 2.21. The van der Waals surface area contributed by atoms with Crippen LogP contribution in [0.25, 0.3) is 0 Å². The Balaban J connectivity index is 2.87. The topological polar surface area (TPSA) is 55.8 Å². The van der Waals surface area contributed by atoms with E-state index < -0.39 is 12.1 Å². The molecule has 1 aromatic rings. The van der Waals surface area contributed by atoms with Crippen LogP contribution in [0.4, 0.5) is 4.39 Å². The van der Waals surface area contributed by atoms with Gasteiger partial charge in [-0.3, -0.25) is 0 Å². The first-order chi connectivity index (χ1) is 8.08. The number of hydrogen-bond donors (Lipinski definition) is 1. The Labute approximate surface area is 99.0 Å². The van der Waals surface area contributed by atoms with Crippen LogP contribution in [0.15, 0.2) is 18.2 Å². The van der Waals surface area contributed by atoms with Gasteiger partial charge >= 0.3 is 5.97 Å². The van der Waals surface area contributed by atoms with Crippen LogP contribution in [0, 0.1) is 0 Å². The van der Waals surface area contributed by atoms with Crippen molar-refractivity contribution in [2.24, 2.45) is 0 Å². The van der Waals surface area contributed by atoms with Crippen LogP contribution in [-0.4, -0.2) is 31.0 Å². The van der Waals surface area contributed by atoms with E-state index in [2.05, 4.69) is 0 Å². The average molecular weight is 242 g/mol. The second kappa shape index (κ2) is 6.08. The van der Waals surface area contributed by atoms with E-state index in [1.54, 1.807) is 18.2 Å². The summed E-state index contributed by atoms with van der Waals surface area (Å²) in [4.78, 5) is 10.4. The molecular formula is C12H15FO4. The Morgan fingerprint density at radius 1 is 1.47 bits per heavy atom. The van der Waals surface area contributed by atoms with Crippen LogP contribution < -0.4 is 9.47 Å². The van der Waals surface area contributed by atoms with Crippen molar-refractivity contribution in [2.45, 2.75) is 19.5 Å². The molecule has 0 heterocycles. The molecule has 5 heteroatoms. The molecule has 1 unspecified atom stereocenters. The molecule has 1 aromatic carbocycles. The molecule has 0 spiro atoms. The summed E-state index contributed by atoms with van der Waals surface area (Å²) in [7, 11) is 1.51. The Morgan fingerprint density at radius 2 is 2.18 bits per heavy atom. The molecule has 0 aliphatic rings. The molecule has 94 valence electrons. The van der Waals surface area contributed by atoms with Crippen LogP contribution in [0.2, 0.25) is 0 Å². The monoisotopic (exact) mass is 242 g/mol. The molecule has 0 aliphatic carbocycles. The molecule has 0 fully saturated rings. The minimum absolute atomic E-state index is 0.181. The fourth-order valence-electron chi connectivity index (χ4n) is 1.41. The highest BCUT2D eigenvalue weighted by Crippen LogP contribution is 2.28. The summed E-state index contributed by atoms with van der Waals surface area (Å²) in [6.45, 7) is 2.28. The first kappa shape index (κ1) is 13.3. The third-order valence-electron chi connectivity index (χ3n) is 2.21. The number of carboxylic acid groups (broad SMARTS) is 1. The van der Waals surface area contributed by atoms with Gasteiger partial charge in [-0.2, -0.15) is 0 Å². The van der Waals surface area contributed by atoms with Gasteiger partial charge in [-0.25, -0.2) is 9.18 Å². The van der Waals surface area contributed by atoms with Gasteiger partial charge < -0.3 is 14.6 Å². The Kier molecular flexibility index (Phi) is 4.75. The van der Waals surface area contributed by atoms with Crippen molar-refractivity contribution >= 4 is 5.97 Å². The fraction of sp³-hybridized carbons (Fsp3) is 0.417. The van der Waals surface area contributed by atoms with Crippen molar-refractivity contribution in [2.75, 3.05) is 13.7 Å². The maximum Gasteiger partial charge on any atom is 0.338 e. The lowest BCUT2D eigenvalue weighted by Gasteiger charge is -2.11. The number of rotatable bonds is 6. The second-order valence-electron chi connectivity index (χ2n) is 3.43. The number of benzene rings is 1. The lowest BCUT2D eigenvalue weighted by Crippen LogP contribution is -2.17. The fourth-order valence-corrected chi connectivity index (χ4v) is 1.41. The standard InChI is InChI=1S/C12H15FO4/c1-3-17-11-7-8(4-5-10(11)16-2)6-9(13)12(14)15/h4-5,7,9H,3,6H2,1-2H3,(H,14,15). The largest absolute Gasteiger partial charge is 0.493 e. The highest BCUT2D eigenvalue weighted by Gasteiger charge is 2.17. The molecule has 0 saturated carbocycles. The summed E-state index contributed by atoms with van der Waals surface area (Å²) in [6, 6.07) is 4.85. The van der Waals surface area contributed by atoms with Crippen molar-refractivity contribution < 1.29 is 23.8 Å². The van der Waals surface area contributed by atoms with Crippen molar-refractivity contribution in [3.63, 3.8) is 0 Å². The van der Waals surface area contributed by atoms with Gasteiger partial charge in [-0.05, 0) is 24.6 Å². The number of carbonyl (C=O) groups is 1. The Bertz CT molecular complexity index is 392. The Morgan fingerprint density at radius 3 is 2.71 bits per heavy atom. The van der Waals surface area contributed by atoms with Gasteiger partial charge in [0.05, 0.1) is 13.7 Å². The summed E-state index contributed by atoms with van der Waals surface area (Å²) in [5.41, 5.74) is 0.559. The van der Waals surface area contributed by atoms with E-state index in [9.17, 15) is 9.18 Å². The number of aliphatic carboxylic acids is 1. The Hall–Kier alpha value is -1.78. The van der Waals surface area contributed by atoms with Crippen LogP contribution in [0.5, 0.6) is 11.5 Å². The summed E-state index contributed by atoms with van der Waals surface area (Å²) < 4.78 is 23.4. The predicted molar refractivity (Wildman–Crippen MR) is 60.4 cm³/mol. The van der Waals surface area contributed by atoms with Gasteiger partial charge in [0.2, 0.25) is 6.17 Å². The first-order valence-corrected chi connectivity index (χ1v) is 5.25. The molecule has 0 radical (unpaired) electrons. The van der Waals surface area contributed by atoms with Crippen LogP contribution in [-0.2, 0) is 11.2 Å². The highest BCUT2D eigenvalue weighted by molar-refractivity contribution is 5.72. The SMILES string of the molecule is CCOc1cc(CC(F)C(=O)O)ccc1OC. The number of methoxy groups -OCH3 is 1. The van der Waals surface area contributed by atoms with Crippen LogP contribution in [0.3, 0.4) is 0 Å². The summed E-state index contributed by atoms with van der Waals surface area (Å²) in [5, 5.41) is 8.49. The number of carboxylic acids is 1. The van der Waals surface area contributed by atoms with Gasteiger partial charge in [0.15, 0.2) is 11.5 Å². The zero-order valence-corrected chi connectivity index (χ0v) is 9.77. The van der Waals surface area contributed by atoms with Gasteiger partial charge in [0, 0.05) is 6.42 Å². The molecule has 1 atom stereocenters. The second-order valence-corrected chi connectivity index (χ2v) is 3.43. The molecule has 0 aliphatic heterocycles. The lowest BCUT2D eigenvalue weighted by molar-refractivity contribution is -0.142. The van der Waals surface area contributed by atoms with Crippen molar-refractivity contribution in [3.05, 3.63) is 23.8 Å². The maximum absolute atomic E-state index is 13.0. The normalized spacial score (nSPS) is 11.9. The minimum atomic E-state index is -1.90. The van der Waals surface area contributed by atoms with E-state index in [0.717, 1.165) is 0 Å². The van der Waals surface area contributed by atoms with Gasteiger partial charge in [0.1, 0.15) is 0 Å². The van der Waals surface area contributed by atoms with E-state index in [-0.39, 0.29) is 6.42 Å². The average Bonchev–Trinajstić information content (AvgIpc) is 2.29. The molecule has 4 nitrogen and oxygen atoms in total. The smallest absolute Gasteiger partial charge is 0.338 e. The molecular weight excluding hydrogens is 227 g/mol. The number of hydrogen-bond acceptors (Lipinski definition) is 3. The van der Waals surface area contributed by atoms with E-state index in [1.165, 1.54) is 7.11 Å². The predicted octanol–water partition coefficient (Wildman–Crippen LogP) is 2.06. The quantitative estimate of drug-likeness (QED) is 0.829. The zero-order chi connectivity index (χ0) is 12.8. The number of halogens is 1. The van der Waals surface area contributed by atoms with Crippen molar-refractivity contribution in [1.82, 2.24) is 0 Å². The summed E-state index contributed by atoms with van der Waals surface area (Å²) >= 11 is 0. The molecule has 0 aromatic heterocycles. The maximum atomic E-state index is 13.0. The molecule has 0 amide bonds. The van der Waals surface area contributed by atoms with Crippen LogP contribution in [0.1, 0.15) is 12.5 Å². The van der Waals surface area contributed by atoms with E-state index >= 15 is 0 Å². The molecule has 0 saturated heterocycles. The lowest BCUT2D eigenvalue weighted by atomic mass is 10.1. The van der Waals surface area contributed by atoms with Gasteiger partial charge in [0.25, 0.3) is 0 Å². The van der Waals surface area contributed by atoms with Gasteiger partial charge in [-0.15, -0.1) is 0 Å². The zero-order valence-electron chi connectivity index (χ0n) is 9.77. The van der Waals surface area contributed by atoms with E-state index in [0.29, 0.717) is 23.7 Å². The highest BCUT2D eigenvalue weighted by atomic mass is 19.1. The summed E-state index contributed by atoms with van der Waals surface area (Å²) in [5.74, 6) is -0.426. The summed E-state index contributed by atoms with van der Waals surface area (Å²) in [6.07, 6.45) is -2.09. The molecule has 0 bridgehead atoms. The number of ether oxygens (including phenoxy) is 2. The molecule has 1 rings (SSSR count). The van der Waals surface area contributed by atoms with Crippen molar-refractivity contribution in [1.29, 1.82) is 0 Å². The minimum Gasteiger partial charge on any atom is -0.493 e. The van der Waals surface area contributed by atoms with E-state index in [4.69, 9.17) is 14.6 Å². The van der Waals surface area contributed by atoms with Gasteiger partial charge in [-0.1, -0.05) is 6.07 Å². The van der Waals surface area contributed by atoms with E-state index in [1.807, 2.05) is 6.92 Å².